The molecule has 1 N–H and O–H groups in total. The third kappa shape index (κ3) is 3.11. The van der Waals surface area contributed by atoms with Crippen LogP contribution in [0.15, 0.2) is 12.1 Å². The van der Waals surface area contributed by atoms with E-state index in [0.717, 1.165) is 24.9 Å². The smallest absolute Gasteiger partial charge is 0.140 e. The number of ether oxygens (including phenoxy) is 1. The van der Waals surface area contributed by atoms with Gasteiger partial charge in [-0.15, -0.1) is 0 Å². The number of rotatable bonds is 3. The van der Waals surface area contributed by atoms with E-state index in [1.807, 2.05) is 0 Å². The highest BCUT2D eigenvalue weighted by molar-refractivity contribution is 6.32. The second kappa shape index (κ2) is 5.69. The van der Waals surface area contributed by atoms with Gasteiger partial charge in [0.1, 0.15) is 11.6 Å². The van der Waals surface area contributed by atoms with E-state index in [0.29, 0.717) is 16.8 Å². The fourth-order valence-electron chi connectivity index (χ4n) is 2.28. The molecular formula is C13H17ClFNO. The van der Waals surface area contributed by atoms with Crippen molar-refractivity contribution in [3.05, 3.63) is 28.5 Å². The maximum Gasteiger partial charge on any atom is 0.140 e. The van der Waals surface area contributed by atoms with Gasteiger partial charge in [0.15, 0.2) is 0 Å². The molecule has 1 aliphatic heterocycles. The molecule has 1 atom stereocenters. The summed E-state index contributed by atoms with van der Waals surface area (Å²) in [6.45, 7) is 1.04. The number of piperidine rings is 1. The highest BCUT2D eigenvalue weighted by atomic mass is 35.5. The van der Waals surface area contributed by atoms with E-state index in [2.05, 4.69) is 5.32 Å². The van der Waals surface area contributed by atoms with Gasteiger partial charge >= 0.3 is 0 Å². The summed E-state index contributed by atoms with van der Waals surface area (Å²) in [6, 6.07) is 3.22. The van der Waals surface area contributed by atoms with Crippen molar-refractivity contribution in [3.8, 4) is 5.75 Å². The molecule has 1 aliphatic rings. The number of benzene rings is 1. The average molecular weight is 258 g/mol. The fourth-order valence-corrected chi connectivity index (χ4v) is 2.54. The van der Waals surface area contributed by atoms with Crippen LogP contribution in [0.1, 0.15) is 24.8 Å². The van der Waals surface area contributed by atoms with Crippen LogP contribution in [0.5, 0.6) is 5.75 Å². The molecule has 4 heteroatoms. The number of methoxy groups -OCH3 is 1. The second-order valence-corrected chi connectivity index (χ2v) is 4.81. The lowest BCUT2D eigenvalue weighted by atomic mass is 9.97. The van der Waals surface area contributed by atoms with Crippen molar-refractivity contribution < 1.29 is 9.13 Å². The normalized spacial score (nSPS) is 20.3. The monoisotopic (exact) mass is 257 g/mol. The van der Waals surface area contributed by atoms with Crippen molar-refractivity contribution in [2.24, 2.45) is 0 Å². The van der Waals surface area contributed by atoms with Crippen molar-refractivity contribution >= 4 is 11.6 Å². The van der Waals surface area contributed by atoms with E-state index >= 15 is 0 Å². The highest BCUT2D eigenvalue weighted by Gasteiger charge is 2.17. The summed E-state index contributed by atoms with van der Waals surface area (Å²) in [5, 5.41) is 3.96. The lowest BCUT2D eigenvalue weighted by Gasteiger charge is -2.24. The Kier molecular flexibility index (Phi) is 4.24. The lowest BCUT2D eigenvalue weighted by Crippen LogP contribution is -2.35. The van der Waals surface area contributed by atoms with Gasteiger partial charge in [-0.25, -0.2) is 4.39 Å². The Labute approximate surface area is 106 Å². The zero-order valence-electron chi connectivity index (χ0n) is 9.93. The highest BCUT2D eigenvalue weighted by Crippen LogP contribution is 2.30. The Bertz CT molecular complexity index is 391. The van der Waals surface area contributed by atoms with Crippen LogP contribution in [-0.2, 0) is 6.42 Å². The minimum absolute atomic E-state index is 0.294. The van der Waals surface area contributed by atoms with Crippen LogP contribution >= 0.6 is 11.6 Å². The molecule has 1 saturated heterocycles. The number of nitrogens with one attached hydrogen (secondary N) is 1. The predicted octanol–water partition coefficient (Wildman–Crippen LogP) is 3.17. The molecule has 0 amide bonds. The second-order valence-electron chi connectivity index (χ2n) is 4.43. The van der Waals surface area contributed by atoms with Crippen LogP contribution in [0.25, 0.3) is 0 Å². The van der Waals surface area contributed by atoms with Crippen LogP contribution in [0.3, 0.4) is 0 Å². The molecule has 0 spiro atoms. The standard InChI is InChI=1S/C13H17ClFNO/c1-17-12-8-10(15)6-9(13(12)14)7-11-4-2-3-5-16-11/h6,8,11,16H,2-5,7H2,1H3. The van der Waals surface area contributed by atoms with Crippen molar-refractivity contribution in [2.45, 2.75) is 31.7 Å². The van der Waals surface area contributed by atoms with Gasteiger partial charge in [-0.1, -0.05) is 18.0 Å². The summed E-state index contributed by atoms with van der Waals surface area (Å²) in [4.78, 5) is 0. The van der Waals surface area contributed by atoms with Gasteiger partial charge < -0.3 is 10.1 Å². The van der Waals surface area contributed by atoms with Crippen LogP contribution in [-0.4, -0.2) is 19.7 Å². The zero-order chi connectivity index (χ0) is 12.3. The summed E-state index contributed by atoms with van der Waals surface area (Å²) >= 11 is 6.18. The van der Waals surface area contributed by atoms with E-state index in [-0.39, 0.29) is 5.82 Å². The van der Waals surface area contributed by atoms with Gasteiger partial charge in [-0.05, 0) is 37.4 Å². The van der Waals surface area contributed by atoms with Crippen LogP contribution < -0.4 is 10.1 Å². The SMILES string of the molecule is COc1cc(F)cc(CC2CCCCN2)c1Cl. The molecule has 2 nitrogen and oxygen atoms in total. The number of halogens is 2. The van der Waals surface area contributed by atoms with Gasteiger partial charge in [0, 0.05) is 12.1 Å². The van der Waals surface area contributed by atoms with Crippen molar-refractivity contribution in [2.75, 3.05) is 13.7 Å². The molecule has 17 heavy (non-hydrogen) atoms. The van der Waals surface area contributed by atoms with E-state index in [1.54, 1.807) is 0 Å². The topological polar surface area (TPSA) is 21.3 Å². The molecule has 94 valence electrons. The molecule has 1 fully saturated rings. The Hall–Kier alpha value is -0.800. The molecule has 0 bridgehead atoms. The first-order valence-electron chi connectivity index (χ1n) is 5.96. The van der Waals surface area contributed by atoms with E-state index < -0.39 is 0 Å². The Balaban J connectivity index is 2.16. The van der Waals surface area contributed by atoms with E-state index in [9.17, 15) is 4.39 Å². The molecule has 1 heterocycles. The minimum Gasteiger partial charge on any atom is -0.495 e. The number of hydrogen-bond donors (Lipinski definition) is 1. The van der Waals surface area contributed by atoms with Gasteiger partial charge in [0.2, 0.25) is 0 Å². The first kappa shape index (κ1) is 12.7. The predicted molar refractivity (Wildman–Crippen MR) is 67.3 cm³/mol. The maximum absolute atomic E-state index is 13.4. The van der Waals surface area contributed by atoms with Crippen molar-refractivity contribution in [1.29, 1.82) is 0 Å². The zero-order valence-corrected chi connectivity index (χ0v) is 10.7. The van der Waals surface area contributed by atoms with E-state index in [4.69, 9.17) is 16.3 Å². The van der Waals surface area contributed by atoms with Gasteiger partial charge in [0.05, 0.1) is 12.1 Å². The number of hydrogen-bond acceptors (Lipinski definition) is 2. The van der Waals surface area contributed by atoms with Gasteiger partial charge in [-0.3, -0.25) is 0 Å². The first-order chi connectivity index (χ1) is 8.20. The molecule has 1 unspecified atom stereocenters. The molecular weight excluding hydrogens is 241 g/mol. The Morgan fingerprint density at radius 1 is 1.47 bits per heavy atom. The van der Waals surface area contributed by atoms with Crippen LogP contribution in [0.2, 0.25) is 5.02 Å². The molecule has 1 aromatic rings. The van der Waals surface area contributed by atoms with Gasteiger partial charge in [-0.2, -0.15) is 0 Å². The maximum atomic E-state index is 13.4. The molecule has 0 aromatic heterocycles. The molecule has 0 saturated carbocycles. The third-order valence-electron chi connectivity index (χ3n) is 3.18. The van der Waals surface area contributed by atoms with Crippen LogP contribution in [0, 0.1) is 5.82 Å². The summed E-state index contributed by atoms with van der Waals surface area (Å²) in [5.74, 6) is 0.120. The van der Waals surface area contributed by atoms with Gasteiger partial charge in [0.25, 0.3) is 0 Å². The molecule has 2 rings (SSSR count). The fraction of sp³-hybridized carbons (Fsp3) is 0.538. The first-order valence-corrected chi connectivity index (χ1v) is 6.34. The minimum atomic E-state index is -0.294. The molecule has 0 radical (unpaired) electrons. The quantitative estimate of drug-likeness (QED) is 0.898. The summed E-state index contributed by atoms with van der Waals surface area (Å²) < 4.78 is 18.5. The average Bonchev–Trinajstić information content (AvgIpc) is 2.34. The van der Waals surface area contributed by atoms with Crippen molar-refractivity contribution in [1.82, 2.24) is 5.32 Å². The third-order valence-corrected chi connectivity index (χ3v) is 3.61. The van der Waals surface area contributed by atoms with E-state index in [1.165, 1.54) is 32.1 Å². The van der Waals surface area contributed by atoms with Crippen molar-refractivity contribution in [3.63, 3.8) is 0 Å². The molecule has 1 aromatic carbocycles. The summed E-state index contributed by atoms with van der Waals surface area (Å²) in [7, 11) is 1.50. The summed E-state index contributed by atoms with van der Waals surface area (Å²) in [5.41, 5.74) is 0.822. The van der Waals surface area contributed by atoms with Crippen LogP contribution in [0.4, 0.5) is 4.39 Å². The Morgan fingerprint density at radius 2 is 2.29 bits per heavy atom. The largest absolute Gasteiger partial charge is 0.495 e. The summed E-state index contributed by atoms with van der Waals surface area (Å²) in [6.07, 6.45) is 4.32. The lowest BCUT2D eigenvalue weighted by molar-refractivity contribution is 0.394. The Morgan fingerprint density at radius 3 is 2.94 bits per heavy atom. The molecule has 0 aliphatic carbocycles.